The van der Waals surface area contributed by atoms with Crippen molar-refractivity contribution in [1.29, 1.82) is 0 Å². The maximum Gasteiger partial charge on any atom is 0.410 e. The predicted octanol–water partition coefficient (Wildman–Crippen LogP) is 3.12. The fraction of sp³-hybridized carbons (Fsp3) is 0.938. The van der Waals surface area contributed by atoms with Crippen molar-refractivity contribution in [1.82, 2.24) is 9.80 Å². The van der Waals surface area contributed by atoms with Crippen LogP contribution in [0.1, 0.15) is 53.4 Å². The van der Waals surface area contributed by atoms with Crippen molar-refractivity contribution in [3.63, 3.8) is 0 Å². The Hall–Kier alpha value is -0.770. The molecule has 0 radical (unpaired) electrons. The first-order chi connectivity index (χ1) is 9.35. The molecular formula is C16H30N2O2. The van der Waals surface area contributed by atoms with Crippen molar-refractivity contribution in [3.8, 4) is 0 Å². The molecule has 0 bridgehead atoms. The van der Waals surface area contributed by atoms with Gasteiger partial charge >= 0.3 is 6.09 Å². The number of rotatable bonds is 1. The Morgan fingerprint density at radius 2 is 1.55 bits per heavy atom. The van der Waals surface area contributed by atoms with E-state index in [1.165, 1.54) is 25.7 Å². The summed E-state index contributed by atoms with van der Waals surface area (Å²) in [4.78, 5) is 16.5. The lowest BCUT2D eigenvalue weighted by atomic mass is 9.86. The van der Waals surface area contributed by atoms with Crippen molar-refractivity contribution in [2.75, 3.05) is 26.2 Å². The Bertz CT molecular complexity index is 322. The van der Waals surface area contributed by atoms with Crippen LogP contribution in [-0.2, 0) is 4.74 Å². The summed E-state index contributed by atoms with van der Waals surface area (Å²) in [6.07, 6.45) is 5.21. The molecule has 1 saturated carbocycles. The topological polar surface area (TPSA) is 32.8 Å². The summed E-state index contributed by atoms with van der Waals surface area (Å²) in [5.74, 6) is 0.898. The van der Waals surface area contributed by atoms with Crippen molar-refractivity contribution in [2.45, 2.75) is 65.0 Å². The van der Waals surface area contributed by atoms with Crippen LogP contribution in [0.2, 0.25) is 0 Å². The van der Waals surface area contributed by atoms with Crippen LogP contribution in [0, 0.1) is 5.92 Å². The molecule has 0 unspecified atom stereocenters. The molecule has 0 aromatic heterocycles. The van der Waals surface area contributed by atoms with Crippen LogP contribution in [0.3, 0.4) is 0 Å². The van der Waals surface area contributed by atoms with Gasteiger partial charge in [0, 0.05) is 32.2 Å². The fourth-order valence-electron chi connectivity index (χ4n) is 3.20. The standard InChI is InChI=1S/C16H30N2O2/c1-13-5-7-14(8-6-13)17-9-11-18(12-10-17)15(19)20-16(2,3)4/h13-14H,5-12H2,1-4H3. The highest BCUT2D eigenvalue weighted by atomic mass is 16.6. The zero-order chi connectivity index (χ0) is 14.8. The largest absolute Gasteiger partial charge is 0.444 e. The molecule has 1 amide bonds. The average molecular weight is 282 g/mol. The molecule has 0 aromatic rings. The summed E-state index contributed by atoms with van der Waals surface area (Å²) < 4.78 is 5.44. The van der Waals surface area contributed by atoms with Gasteiger partial charge in [-0.15, -0.1) is 0 Å². The monoisotopic (exact) mass is 282 g/mol. The van der Waals surface area contributed by atoms with Gasteiger partial charge in [0.05, 0.1) is 0 Å². The number of hydrogen-bond acceptors (Lipinski definition) is 3. The summed E-state index contributed by atoms with van der Waals surface area (Å²) in [6.45, 7) is 11.7. The minimum atomic E-state index is -0.395. The fourth-order valence-corrected chi connectivity index (χ4v) is 3.20. The van der Waals surface area contributed by atoms with Crippen LogP contribution in [0.5, 0.6) is 0 Å². The van der Waals surface area contributed by atoms with E-state index < -0.39 is 5.60 Å². The smallest absolute Gasteiger partial charge is 0.410 e. The molecule has 1 aliphatic carbocycles. The normalized spacial score (nSPS) is 29.3. The molecule has 116 valence electrons. The van der Waals surface area contributed by atoms with Crippen molar-refractivity contribution < 1.29 is 9.53 Å². The molecule has 2 aliphatic rings. The van der Waals surface area contributed by atoms with Gasteiger partial charge in [-0.3, -0.25) is 4.90 Å². The second-order valence-corrected chi connectivity index (χ2v) is 7.42. The first kappa shape index (κ1) is 15.6. The highest BCUT2D eigenvalue weighted by Gasteiger charge is 2.30. The van der Waals surface area contributed by atoms with E-state index >= 15 is 0 Å². The van der Waals surface area contributed by atoms with E-state index in [0.717, 1.165) is 38.1 Å². The van der Waals surface area contributed by atoms with Gasteiger partial charge in [0.2, 0.25) is 0 Å². The lowest BCUT2D eigenvalue weighted by Crippen LogP contribution is -2.53. The molecular weight excluding hydrogens is 252 g/mol. The number of amides is 1. The molecule has 0 spiro atoms. The van der Waals surface area contributed by atoms with E-state index in [-0.39, 0.29) is 6.09 Å². The molecule has 1 heterocycles. The van der Waals surface area contributed by atoms with Crippen LogP contribution in [0.25, 0.3) is 0 Å². The maximum absolute atomic E-state index is 12.0. The van der Waals surface area contributed by atoms with Crippen LogP contribution in [0.4, 0.5) is 4.79 Å². The SMILES string of the molecule is CC1CCC(N2CCN(C(=O)OC(C)(C)C)CC2)CC1. The van der Waals surface area contributed by atoms with Gasteiger partial charge in [-0.05, 0) is 52.4 Å². The van der Waals surface area contributed by atoms with Crippen LogP contribution >= 0.6 is 0 Å². The second-order valence-electron chi connectivity index (χ2n) is 7.42. The number of carbonyl (C=O) groups is 1. The second kappa shape index (κ2) is 6.33. The summed E-state index contributed by atoms with van der Waals surface area (Å²) in [5.41, 5.74) is -0.395. The number of carbonyl (C=O) groups excluding carboxylic acids is 1. The summed E-state index contributed by atoms with van der Waals surface area (Å²) >= 11 is 0. The molecule has 0 aromatic carbocycles. The van der Waals surface area contributed by atoms with Crippen molar-refractivity contribution in [3.05, 3.63) is 0 Å². The zero-order valence-corrected chi connectivity index (χ0v) is 13.5. The summed E-state index contributed by atoms with van der Waals surface area (Å²) in [6, 6.07) is 0.743. The van der Waals surface area contributed by atoms with Crippen LogP contribution in [0.15, 0.2) is 0 Å². The van der Waals surface area contributed by atoms with Gasteiger partial charge < -0.3 is 9.64 Å². The lowest BCUT2D eigenvalue weighted by molar-refractivity contribution is 0.00739. The van der Waals surface area contributed by atoms with Crippen LogP contribution in [-0.4, -0.2) is 53.7 Å². The Labute approximate surface area is 123 Å². The van der Waals surface area contributed by atoms with Gasteiger partial charge in [0.1, 0.15) is 5.60 Å². The molecule has 2 fully saturated rings. The van der Waals surface area contributed by atoms with Gasteiger partial charge in [-0.25, -0.2) is 4.79 Å². The number of hydrogen-bond donors (Lipinski definition) is 0. The first-order valence-corrected chi connectivity index (χ1v) is 8.07. The van der Waals surface area contributed by atoms with E-state index in [2.05, 4.69) is 11.8 Å². The van der Waals surface area contributed by atoms with E-state index in [9.17, 15) is 4.79 Å². The minimum Gasteiger partial charge on any atom is -0.444 e. The summed E-state index contributed by atoms with van der Waals surface area (Å²) in [5, 5.41) is 0. The maximum atomic E-state index is 12.0. The molecule has 0 N–H and O–H groups in total. The van der Waals surface area contributed by atoms with Crippen molar-refractivity contribution in [2.24, 2.45) is 5.92 Å². The van der Waals surface area contributed by atoms with Gasteiger partial charge in [0.15, 0.2) is 0 Å². The van der Waals surface area contributed by atoms with Crippen molar-refractivity contribution >= 4 is 6.09 Å². The molecule has 2 rings (SSSR count). The third-order valence-corrected chi connectivity index (χ3v) is 4.47. The molecule has 4 heteroatoms. The first-order valence-electron chi connectivity index (χ1n) is 8.07. The molecule has 1 saturated heterocycles. The quantitative estimate of drug-likeness (QED) is 0.741. The van der Waals surface area contributed by atoms with E-state index in [1.54, 1.807) is 0 Å². The third-order valence-electron chi connectivity index (χ3n) is 4.47. The Morgan fingerprint density at radius 3 is 2.05 bits per heavy atom. The third kappa shape index (κ3) is 4.37. The Kier molecular flexibility index (Phi) is 4.95. The highest BCUT2D eigenvalue weighted by molar-refractivity contribution is 5.68. The van der Waals surface area contributed by atoms with Gasteiger partial charge in [-0.1, -0.05) is 6.92 Å². The Balaban J connectivity index is 1.76. The van der Waals surface area contributed by atoms with E-state index in [1.807, 2.05) is 25.7 Å². The van der Waals surface area contributed by atoms with Gasteiger partial charge in [0.25, 0.3) is 0 Å². The lowest BCUT2D eigenvalue weighted by Gasteiger charge is -2.41. The minimum absolute atomic E-state index is 0.158. The van der Waals surface area contributed by atoms with E-state index in [4.69, 9.17) is 4.74 Å². The van der Waals surface area contributed by atoms with Crippen LogP contribution < -0.4 is 0 Å². The number of ether oxygens (including phenoxy) is 1. The zero-order valence-electron chi connectivity index (χ0n) is 13.5. The molecule has 20 heavy (non-hydrogen) atoms. The number of nitrogens with zero attached hydrogens (tertiary/aromatic N) is 2. The molecule has 1 aliphatic heterocycles. The highest BCUT2D eigenvalue weighted by Crippen LogP contribution is 2.27. The molecule has 0 atom stereocenters. The summed E-state index contributed by atoms with van der Waals surface area (Å²) in [7, 11) is 0. The van der Waals surface area contributed by atoms with Gasteiger partial charge in [-0.2, -0.15) is 0 Å². The molecule has 4 nitrogen and oxygen atoms in total. The number of piperazine rings is 1. The predicted molar refractivity (Wildman–Crippen MR) is 80.8 cm³/mol. The average Bonchev–Trinajstić information content (AvgIpc) is 2.38. The van der Waals surface area contributed by atoms with E-state index in [0.29, 0.717) is 0 Å². The Morgan fingerprint density at radius 1 is 1.00 bits per heavy atom.